The fourth-order valence-electron chi connectivity index (χ4n) is 2.45. The van der Waals surface area contributed by atoms with Gasteiger partial charge >= 0.3 is 6.16 Å². The minimum Gasteiger partial charge on any atom is -0.431 e. The summed E-state index contributed by atoms with van der Waals surface area (Å²) in [6.45, 7) is 12.8. The van der Waals surface area contributed by atoms with Crippen molar-refractivity contribution in [2.45, 2.75) is 92.3 Å². The van der Waals surface area contributed by atoms with Crippen molar-refractivity contribution >= 4 is 6.16 Å². The maximum absolute atomic E-state index is 11.9. The minimum absolute atomic E-state index is 0.00572. The fourth-order valence-corrected chi connectivity index (χ4v) is 2.45. The molecule has 0 fully saturated rings. The molecule has 0 aromatic carbocycles. The molecule has 0 saturated carbocycles. The first-order valence-corrected chi connectivity index (χ1v) is 8.26. The first-order valence-electron chi connectivity index (χ1n) is 8.26. The van der Waals surface area contributed by atoms with Gasteiger partial charge in [-0.1, -0.05) is 54.4 Å². The van der Waals surface area contributed by atoms with E-state index in [1.165, 1.54) is 0 Å². The smallest absolute Gasteiger partial charge is 0.431 e. The normalized spacial score (nSPS) is 14.4. The molecule has 0 aromatic heterocycles. The Morgan fingerprint density at radius 2 is 1.15 bits per heavy atom. The van der Waals surface area contributed by atoms with Crippen molar-refractivity contribution in [3.05, 3.63) is 0 Å². The third-order valence-electron chi connectivity index (χ3n) is 3.22. The van der Waals surface area contributed by atoms with Gasteiger partial charge in [0.2, 0.25) is 0 Å². The van der Waals surface area contributed by atoms with Gasteiger partial charge < -0.3 is 9.47 Å². The Morgan fingerprint density at radius 3 is 1.40 bits per heavy atom. The zero-order valence-electron chi connectivity index (χ0n) is 14.3. The monoisotopic (exact) mass is 286 g/mol. The van der Waals surface area contributed by atoms with Crippen molar-refractivity contribution in [1.82, 2.24) is 0 Å². The predicted molar refractivity (Wildman–Crippen MR) is 83.9 cm³/mol. The zero-order valence-corrected chi connectivity index (χ0v) is 14.3. The van der Waals surface area contributed by atoms with E-state index in [4.69, 9.17) is 9.47 Å². The average Bonchev–Trinajstić information content (AvgIpc) is 2.27. The lowest BCUT2D eigenvalue weighted by molar-refractivity contribution is -0.0155. The molecular formula is C17H34O3. The van der Waals surface area contributed by atoms with Crippen LogP contribution in [0.1, 0.15) is 80.1 Å². The van der Waals surface area contributed by atoms with Crippen molar-refractivity contribution in [3.63, 3.8) is 0 Å². The van der Waals surface area contributed by atoms with Crippen LogP contribution >= 0.6 is 0 Å². The van der Waals surface area contributed by atoms with E-state index in [2.05, 4.69) is 41.5 Å². The van der Waals surface area contributed by atoms with Gasteiger partial charge in [-0.2, -0.15) is 0 Å². The average molecular weight is 286 g/mol. The summed E-state index contributed by atoms with van der Waals surface area (Å²) in [6, 6.07) is 0. The molecule has 120 valence electrons. The molecule has 0 spiro atoms. The highest BCUT2D eigenvalue weighted by atomic mass is 16.7. The van der Waals surface area contributed by atoms with Crippen LogP contribution in [-0.4, -0.2) is 18.4 Å². The van der Waals surface area contributed by atoms with Crippen LogP contribution in [0.5, 0.6) is 0 Å². The van der Waals surface area contributed by atoms with E-state index in [1.54, 1.807) is 0 Å². The number of ether oxygens (including phenoxy) is 2. The van der Waals surface area contributed by atoms with E-state index in [-0.39, 0.29) is 12.2 Å². The molecule has 0 bridgehead atoms. The molecule has 0 saturated heterocycles. The van der Waals surface area contributed by atoms with Crippen molar-refractivity contribution in [2.24, 2.45) is 11.8 Å². The molecule has 0 aliphatic carbocycles. The van der Waals surface area contributed by atoms with Gasteiger partial charge in [-0.25, -0.2) is 4.79 Å². The van der Waals surface area contributed by atoms with Gasteiger partial charge in [-0.15, -0.1) is 0 Å². The standard InChI is InChI=1S/C17H34O3/c1-7-9-15(11-13(3)4)19-17(18)20-16(10-8-2)12-14(5)6/h13-16H,7-12H2,1-6H3. The highest BCUT2D eigenvalue weighted by Crippen LogP contribution is 2.18. The number of rotatable bonds is 10. The molecule has 0 aliphatic heterocycles. The molecule has 3 nitrogen and oxygen atoms in total. The lowest BCUT2D eigenvalue weighted by Crippen LogP contribution is -2.25. The van der Waals surface area contributed by atoms with E-state index in [0.29, 0.717) is 11.8 Å². The van der Waals surface area contributed by atoms with E-state index in [9.17, 15) is 4.79 Å². The summed E-state index contributed by atoms with van der Waals surface area (Å²) in [5.41, 5.74) is 0. The molecule has 0 heterocycles. The van der Waals surface area contributed by atoms with Gasteiger partial charge in [-0.3, -0.25) is 0 Å². The second kappa shape index (κ2) is 11.0. The summed E-state index contributed by atoms with van der Waals surface area (Å²) < 4.78 is 11.0. The Bertz CT molecular complexity index is 225. The Kier molecular flexibility index (Phi) is 10.6. The summed E-state index contributed by atoms with van der Waals surface area (Å²) in [5, 5.41) is 0. The molecule has 0 aliphatic rings. The van der Waals surface area contributed by atoms with E-state index >= 15 is 0 Å². The van der Waals surface area contributed by atoms with E-state index in [1.807, 2.05) is 0 Å². The molecule has 0 radical (unpaired) electrons. The van der Waals surface area contributed by atoms with Crippen molar-refractivity contribution in [2.75, 3.05) is 0 Å². The van der Waals surface area contributed by atoms with Crippen LogP contribution in [0.15, 0.2) is 0 Å². The van der Waals surface area contributed by atoms with Crippen LogP contribution in [0, 0.1) is 11.8 Å². The van der Waals surface area contributed by atoms with Gasteiger partial charge in [0.15, 0.2) is 0 Å². The topological polar surface area (TPSA) is 35.5 Å². The van der Waals surface area contributed by atoms with Crippen LogP contribution in [0.3, 0.4) is 0 Å². The second-order valence-corrected chi connectivity index (χ2v) is 6.57. The fraction of sp³-hybridized carbons (Fsp3) is 0.941. The Hall–Kier alpha value is -0.730. The molecular weight excluding hydrogens is 252 g/mol. The number of carbonyl (C=O) groups excluding carboxylic acids is 1. The molecule has 2 unspecified atom stereocenters. The van der Waals surface area contributed by atoms with Crippen molar-refractivity contribution in [3.8, 4) is 0 Å². The number of hydrogen-bond acceptors (Lipinski definition) is 3. The van der Waals surface area contributed by atoms with E-state index < -0.39 is 6.16 Å². The van der Waals surface area contributed by atoms with Gasteiger partial charge in [-0.05, 0) is 37.5 Å². The molecule has 0 amide bonds. The summed E-state index contributed by atoms with van der Waals surface area (Å²) >= 11 is 0. The summed E-state index contributed by atoms with van der Waals surface area (Å²) in [7, 11) is 0. The van der Waals surface area contributed by atoms with Crippen LogP contribution in [0.2, 0.25) is 0 Å². The maximum Gasteiger partial charge on any atom is 0.508 e. The quantitative estimate of drug-likeness (QED) is 0.492. The van der Waals surface area contributed by atoms with Crippen LogP contribution in [-0.2, 0) is 9.47 Å². The van der Waals surface area contributed by atoms with Crippen LogP contribution in [0.25, 0.3) is 0 Å². The summed E-state index contributed by atoms with van der Waals surface area (Å²) in [5.74, 6) is 1.06. The Balaban J connectivity index is 4.31. The van der Waals surface area contributed by atoms with Crippen LogP contribution < -0.4 is 0 Å². The maximum atomic E-state index is 11.9. The molecule has 0 aromatic rings. The van der Waals surface area contributed by atoms with Gasteiger partial charge in [0.25, 0.3) is 0 Å². The predicted octanol–water partition coefficient (Wildman–Crippen LogP) is 5.57. The summed E-state index contributed by atoms with van der Waals surface area (Å²) in [4.78, 5) is 11.9. The lowest BCUT2D eigenvalue weighted by Gasteiger charge is -2.22. The van der Waals surface area contributed by atoms with E-state index in [0.717, 1.165) is 38.5 Å². The molecule has 0 N–H and O–H groups in total. The van der Waals surface area contributed by atoms with Gasteiger partial charge in [0, 0.05) is 0 Å². The Labute approximate surface area is 125 Å². The first-order chi connectivity index (χ1) is 9.38. The van der Waals surface area contributed by atoms with Crippen molar-refractivity contribution < 1.29 is 14.3 Å². The SMILES string of the molecule is CCCC(CC(C)C)OC(=O)OC(CCC)CC(C)C. The lowest BCUT2D eigenvalue weighted by atomic mass is 10.0. The second-order valence-electron chi connectivity index (χ2n) is 6.57. The largest absolute Gasteiger partial charge is 0.508 e. The summed E-state index contributed by atoms with van der Waals surface area (Å²) in [6.07, 6.45) is 5.19. The third-order valence-corrected chi connectivity index (χ3v) is 3.22. The molecule has 3 heteroatoms. The van der Waals surface area contributed by atoms with Gasteiger partial charge in [0.1, 0.15) is 12.2 Å². The minimum atomic E-state index is -0.483. The third kappa shape index (κ3) is 10.1. The Morgan fingerprint density at radius 1 is 0.800 bits per heavy atom. The zero-order chi connectivity index (χ0) is 15.5. The van der Waals surface area contributed by atoms with Crippen molar-refractivity contribution in [1.29, 1.82) is 0 Å². The van der Waals surface area contributed by atoms with Crippen LogP contribution in [0.4, 0.5) is 4.79 Å². The highest BCUT2D eigenvalue weighted by molar-refractivity contribution is 5.60. The van der Waals surface area contributed by atoms with Gasteiger partial charge in [0.05, 0.1) is 0 Å². The first kappa shape index (κ1) is 19.3. The number of carbonyl (C=O) groups is 1. The molecule has 2 atom stereocenters. The molecule has 20 heavy (non-hydrogen) atoms. The molecule has 0 rings (SSSR count). The highest BCUT2D eigenvalue weighted by Gasteiger charge is 2.20. The number of hydrogen-bond donors (Lipinski definition) is 0.